The Hall–Kier alpha value is -4.72. The molecule has 0 saturated carbocycles. The molecule has 0 atom stereocenters. The van der Waals surface area contributed by atoms with Gasteiger partial charge in [0.05, 0.1) is 0 Å². The summed E-state index contributed by atoms with van der Waals surface area (Å²) in [7, 11) is 0. The molecule has 0 aliphatic heterocycles. The van der Waals surface area contributed by atoms with E-state index in [9.17, 15) is 0 Å². The third kappa shape index (κ3) is 7.64. The second-order valence-corrected chi connectivity index (χ2v) is 9.47. The van der Waals surface area contributed by atoms with Crippen molar-refractivity contribution < 1.29 is 0 Å². The fraction of sp³-hybridized carbons (Fsp3) is 0.0526. The van der Waals surface area contributed by atoms with Gasteiger partial charge in [0.25, 0.3) is 0 Å². The maximum absolute atomic E-state index is 3.42. The van der Waals surface area contributed by atoms with E-state index in [1.165, 1.54) is 44.5 Å². The quantitative estimate of drug-likeness (QED) is 0.229. The third-order valence-corrected chi connectivity index (χ3v) is 6.60. The van der Waals surface area contributed by atoms with Crippen LogP contribution >= 0.6 is 0 Å². The molecule has 1 N–H and O–H groups in total. The van der Waals surface area contributed by atoms with Crippen LogP contribution in [0.15, 0.2) is 170 Å². The zero-order valence-corrected chi connectivity index (χ0v) is 22.1. The Morgan fingerprint density at radius 3 is 0.821 bits per heavy atom. The number of hydrogen-bond acceptors (Lipinski definition) is 1. The molecular formula is C38H33N. The van der Waals surface area contributed by atoms with E-state index in [1.54, 1.807) is 0 Å². The first-order valence-corrected chi connectivity index (χ1v) is 13.4. The Balaban J connectivity index is 0.000000177. The van der Waals surface area contributed by atoms with Crippen molar-refractivity contribution in [3.8, 4) is 33.4 Å². The van der Waals surface area contributed by atoms with E-state index >= 15 is 0 Å². The lowest BCUT2D eigenvalue weighted by atomic mass is 9.93. The molecule has 1 nitrogen and oxygen atoms in total. The summed E-state index contributed by atoms with van der Waals surface area (Å²) >= 11 is 0. The fourth-order valence-corrected chi connectivity index (χ4v) is 4.56. The first-order chi connectivity index (χ1) is 19.3. The van der Waals surface area contributed by atoms with E-state index in [4.69, 9.17) is 0 Å². The monoisotopic (exact) mass is 503 g/mol. The van der Waals surface area contributed by atoms with Crippen molar-refractivity contribution >= 4 is 0 Å². The van der Waals surface area contributed by atoms with Gasteiger partial charge in [-0.25, -0.2) is 0 Å². The maximum atomic E-state index is 3.42. The summed E-state index contributed by atoms with van der Waals surface area (Å²) in [5.41, 5.74) is 10.1. The van der Waals surface area contributed by atoms with Crippen LogP contribution in [-0.4, -0.2) is 0 Å². The largest absolute Gasteiger partial charge is 0.309 e. The Morgan fingerprint density at radius 1 is 0.282 bits per heavy atom. The smallest absolute Gasteiger partial charge is 0.0208 e. The van der Waals surface area contributed by atoms with E-state index in [-0.39, 0.29) is 0 Å². The van der Waals surface area contributed by atoms with Gasteiger partial charge in [0.1, 0.15) is 0 Å². The highest BCUT2D eigenvalue weighted by molar-refractivity contribution is 5.81. The van der Waals surface area contributed by atoms with Gasteiger partial charge < -0.3 is 5.32 Å². The minimum Gasteiger partial charge on any atom is -0.309 e. The zero-order chi connectivity index (χ0) is 26.5. The molecule has 0 fully saturated rings. The molecule has 0 spiro atoms. The summed E-state index contributed by atoms with van der Waals surface area (Å²) in [6.07, 6.45) is 0. The van der Waals surface area contributed by atoms with Crippen LogP contribution in [0.1, 0.15) is 11.1 Å². The fourth-order valence-electron chi connectivity index (χ4n) is 4.56. The summed E-state index contributed by atoms with van der Waals surface area (Å²) in [4.78, 5) is 0. The molecule has 6 aromatic carbocycles. The Morgan fingerprint density at radius 2 is 0.538 bits per heavy atom. The standard InChI is InChI=1S/C24H18.C14H15N/c1-4-10-19(11-5-1)22-16-23(20-12-6-2-7-13-20)18-24(17-22)21-14-8-3-9-15-21;1-3-7-13(8-4-1)11-15-12-14-9-5-2-6-10-14/h1-18H;1-10,15H,11-12H2. The SMILES string of the molecule is c1ccc(-c2cc(-c3ccccc3)cc(-c3ccccc3)c2)cc1.c1ccc(CNCc2ccccc2)cc1. The van der Waals surface area contributed by atoms with Crippen molar-refractivity contribution in [3.05, 3.63) is 181 Å². The lowest BCUT2D eigenvalue weighted by molar-refractivity contribution is 0.693. The van der Waals surface area contributed by atoms with Gasteiger partial charge in [-0.3, -0.25) is 0 Å². The maximum Gasteiger partial charge on any atom is 0.0208 e. The minimum absolute atomic E-state index is 0.926. The van der Waals surface area contributed by atoms with Crippen molar-refractivity contribution in [2.24, 2.45) is 0 Å². The van der Waals surface area contributed by atoms with Crippen LogP contribution in [0.4, 0.5) is 0 Å². The van der Waals surface area contributed by atoms with Gasteiger partial charge in [0.15, 0.2) is 0 Å². The molecule has 1 heteroatoms. The molecule has 0 radical (unpaired) electrons. The molecule has 0 unspecified atom stereocenters. The molecule has 0 aliphatic rings. The third-order valence-electron chi connectivity index (χ3n) is 6.60. The van der Waals surface area contributed by atoms with Gasteiger partial charge in [-0.15, -0.1) is 0 Å². The normalized spacial score (nSPS) is 10.4. The van der Waals surface area contributed by atoms with Crippen molar-refractivity contribution in [3.63, 3.8) is 0 Å². The predicted octanol–water partition coefficient (Wildman–Crippen LogP) is 9.66. The van der Waals surface area contributed by atoms with Gasteiger partial charge in [-0.1, -0.05) is 152 Å². The molecule has 0 aromatic heterocycles. The van der Waals surface area contributed by atoms with Gasteiger partial charge in [-0.05, 0) is 62.7 Å². The summed E-state index contributed by atoms with van der Waals surface area (Å²) in [5.74, 6) is 0. The van der Waals surface area contributed by atoms with Crippen LogP contribution in [0.2, 0.25) is 0 Å². The lowest BCUT2D eigenvalue weighted by Crippen LogP contribution is -2.12. The van der Waals surface area contributed by atoms with E-state index < -0.39 is 0 Å². The topological polar surface area (TPSA) is 12.0 Å². The van der Waals surface area contributed by atoms with Crippen LogP contribution in [0, 0.1) is 0 Å². The van der Waals surface area contributed by atoms with Crippen LogP contribution in [-0.2, 0) is 13.1 Å². The first-order valence-electron chi connectivity index (χ1n) is 13.4. The van der Waals surface area contributed by atoms with E-state index in [0.29, 0.717) is 0 Å². The minimum atomic E-state index is 0.926. The second-order valence-electron chi connectivity index (χ2n) is 9.47. The molecule has 6 rings (SSSR count). The zero-order valence-electron chi connectivity index (χ0n) is 22.1. The predicted molar refractivity (Wildman–Crippen MR) is 166 cm³/mol. The Kier molecular flexibility index (Phi) is 9.11. The van der Waals surface area contributed by atoms with Crippen LogP contribution in [0.5, 0.6) is 0 Å². The van der Waals surface area contributed by atoms with Crippen LogP contribution in [0.3, 0.4) is 0 Å². The van der Waals surface area contributed by atoms with Crippen LogP contribution in [0.25, 0.3) is 33.4 Å². The highest BCUT2D eigenvalue weighted by Gasteiger charge is 2.06. The van der Waals surface area contributed by atoms with Gasteiger partial charge in [0.2, 0.25) is 0 Å². The van der Waals surface area contributed by atoms with E-state index in [1.807, 2.05) is 12.1 Å². The van der Waals surface area contributed by atoms with Crippen molar-refractivity contribution in [2.75, 3.05) is 0 Å². The molecule has 190 valence electrons. The summed E-state index contributed by atoms with van der Waals surface area (Å²) in [6.45, 7) is 1.85. The Labute approximate surface area is 232 Å². The van der Waals surface area contributed by atoms with Gasteiger partial charge in [-0.2, -0.15) is 0 Å². The molecule has 0 saturated heterocycles. The number of benzene rings is 6. The molecule has 39 heavy (non-hydrogen) atoms. The summed E-state index contributed by atoms with van der Waals surface area (Å²) in [6, 6.07) is 59.4. The van der Waals surface area contributed by atoms with Crippen molar-refractivity contribution in [2.45, 2.75) is 13.1 Å². The molecular weight excluding hydrogens is 470 g/mol. The molecule has 6 aromatic rings. The average molecular weight is 504 g/mol. The highest BCUT2D eigenvalue weighted by Crippen LogP contribution is 2.32. The number of hydrogen-bond donors (Lipinski definition) is 1. The van der Waals surface area contributed by atoms with Gasteiger partial charge >= 0.3 is 0 Å². The molecule has 0 amide bonds. The number of rotatable bonds is 7. The van der Waals surface area contributed by atoms with E-state index in [0.717, 1.165) is 13.1 Å². The lowest BCUT2D eigenvalue weighted by Gasteiger charge is -2.11. The highest BCUT2D eigenvalue weighted by atomic mass is 14.8. The van der Waals surface area contributed by atoms with Crippen molar-refractivity contribution in [1.29, 1.82) is 0 Å². The molecule has 0 aliphatic carbocycles. The molecule has 0 heterocycles. The van der Waals surface area contributed by atoms with Gasteiger partial charge in [0, 0.05) is 13.1 Å². The first kappa shape index (κ1) is 25.9. The van der Waals surface area contributed by atoms with Crippen molar-refractivity contribution in [1.82, 2.24) is 5.32 Å². The second kappa shape index (κ2) is 13.7. The van der Waals surface area contributed by atoms with E-state index in [2.05, 4.69) is 163 Å². The summed E-state index contributed by atoms with van der Waals surface area (Å²) < 4.78 is 0. The average Bonchev–Trinajstić information content (AvgIpc) is 3.03. The van der Waals surface area contributed by atoms with Crippen LogP contribution < -0.4 is 5.32 Å². The number of nitrogens with one attached hydrogen (secondary N) is 1. The molecule has 0 bridgehead atoms. The summed E-state index contributed by atoms with van der Waals surface area (Å²) in [5, 5.41) is 3.42. The Bertz CT molecular complexity index is 1350.